The van der Waals surface area contributed by atoms with E-state index in [-0.39, 0.29) is 29.0 Å². The molecule has 1 atom stereocenters. The van der Waals surface area contributed by atoms with Gasteiger partial charge in [0.25, 0.3) is 11.8 Å². The number of anilines is 1. The van der Waals surface area contributed by atoms with Crippen molar-refractivity contribution >= 4 is 34.7 Å². The van der Waals surface area contributed by atoms with Gasteiger partial charge in [-0.25, -0.2) is 18.1 Å². The Morgan fingerprint density at radius 2 is 2.06 bits per heavy atom. The maximum absolute atomic E-state index is 13.0. The zero-order valence-corrected chi connectivity index (χ0v) is 19.1. The van der Waals surface area contributed by atoms with Crippen molar-refractivity contribution in [3.05, 3.63) is 52.8 Å². The smallest absolute Gasteiger partial charge is 0.319 e. The summed E-state index contributed by atoms with van der Waals surface area (Å²) in [5, 5.41) is 18.0. The van der Waals surface area contributed by atoms with Gasteiger partial charge in [-0.15, -0.1) is 0 Å². The highest BCUT2D eigenvalue weighted by atomic mass is 35.5. The number of carbonyl (C=O) groups excluding carboxylic acids is 2. The summed E-state index contributed by atoms with van der Waals surface area (Å²) in [7, 11) is 0. The molecular weight excluding hydrogens is 482 g/mol. The van der Waals surface area contributed by atoms with Crippen LogP contribution in [0.15, 0.2) is 36.7 Å². The molecule has 0 spiro atoms. The molecule has 1 saturated carbocycles. The topological polar surface area (TPSA) is 112 Å². The molecule has 5 rings (SSSR count). The van der Waals surface area contributed by atoms with Crippen LogP contribution in [0.4, 0.5) is 19.3 Å². The molecule has 3 aromatic rings. The van der Waals surface area contributed by atoms with Gasteiger partial charge in [-0.1, -0.05) is 11.6 Å². The Hall–Kier alpha value is -3.91. The van der Waals surface area contributed by atoms with Crippen molar-refractivity contribution in [1.29, 1.82) is 5.26 Å². The van der Waals surface area contributed by atoms with Gasteiger partial charge in [0.15, 0.2) is 5.75 Å². The molecule has 0 radical (unpaired) electrons. The number of hydrogen-bond acceptors (Lipinski definition) is 5. The molecule has 2 N–H and O–H groups in total. The molecule has 2 aromatic heterocycles. The number of carbonyl (C=O) groups is 2. The first-order valence-corrected chi connectivity index (χ1v) is 11.1. The van der Waals surface area contributed by atoms with Crippen LogP contribution in [-0.4, -0.2) is 51.5 Å². The Morgan fingerprint density at radius 1 is 1.31 bits per heavy atom. The van der Waals surface area contributed by atoms with Crippen molar-refractivity contribution < 1.29 is 23.1 Å². The molecule has 180 valence electrons. The number of hydrogen-bond donors (Lipinski definition) is 2. The van der Waals surface area contributed by atoms with Gasteiger partial charge in [0.1, 0.15) is 17.3 Å². The van der Waals surface area contributed by atoms with Crippen LogP contribution >= 0.6 is 11.6 Å². The number of rotatable bonds is 5. The van der Waals surface area contributed by atoms with Crippen LogP contribution in [0.3, 0.4) is 0 Å². The van der Waals surface area contributed by atoms with Gasteiger partial charge < -0.3 is 20.3 Å². The first kappa shape index (κ1) is 22.9. The van der Waals surface area contributed by atoms with Crippen LogP contribution in [0, 0.1) is 24.2 Å². The fourth-order valence-electron chi connectivity index (χ4n) is 3.89. The number of ether oxygens (including phenoxy) is 1. The molecule has 35 heavy (non-hydrogen) atoms. The third-order valence-corrected chi connectivity index (χ3v) is 6.33. The molecule has 9 nitrogen and oxygen atoms in total. The number of aryl methyl sites for hydroxylation is 1. The molecule has 1 unspecified atom stereocenters. The molecule has 1 aliphatic heterocycles. The van der Waals surface area contributed by atoms with Gasteiger partial charge in [0.05, 0.1) is 34.5 Å². The lowest BCUT2D eigenvalue weighted by Gasteiger charge is -2.35. The quantitative estimate of drug-likeness (QED) is 0.545. The molecule has 2 fully saturated rings. The summed E-state index contributed by atoms with van der Waals surface area (Å²) in [6.45, 7) is 2.59. The minimum absolute atomic E-state index is 0.142. The largest absolute Gasteiger partial charge is 0.455 e. The molecule has 1 aliphatic carbocycles. The van der Waals surface area contributed by atoms with E-state index in [2.05, 4.69) is 21.8 Å². The van der Waals surface area contributed by atoms with Gasteiger partial charge in [-0.2, -0.15) is 10.4 Å². The Morgan fingerprint density at radius 3 is 2.71 bits per heavy atom. The van der Waals surface area contributed by atoms with E-state index in [4.69, 9.17) is 21.6 Å². The van der Waals surface area contributed by atoms with Crippen molar-refractivity contribution in [2.24, 2.45) is 5.92 Å². The Bertz CT molecular complexity index is 1400. The number of benzene rings is 1. The van der Waals surface area contributed by atoms with E-state index in [1.54, 1.807) is 34.7 Å². The summed E-state index contributed by atoms with van der Waals surface area (Å²) in [6, 6.07) is 6.39. The van der Waals surface area contributed by atoms with Gasteiger partial charge in [0.2, 0.25) is 0 Å². The van der Waals surface area contributed by atoms with Gasteiger partial charge in [-0.05, 0) is 24.6 Å². The summed E-state index contributed by atoms with van der Waals surface area (Å²) in [6.07, 6.45) is 2.77. The van der Waals surface area contributed by atoms with Crippen molar-refractivity contribution in [2.45, 2.75) is 25.3 Å². The summed E-state index contributed by atoms with van der Waals surface area (Å²) >= 11 is 6.26. The number of halogens is 3. The molecule has 3 amide bonds. The molecular formula is C23H19ClF2N6O3. The van der Waals surface area contributed by atoms with E-state index >= 15 is 0 Å². The lowest BCUT2D eigenvalue weighted by molar-refractivity contribution is 0.0576. The highest BCUT2D eigenvalue weighted by Gasteiger charge is 2.57. The van der Waals surface area contributed by atoms with Crippen LogP contribution in [-0.2, 0) is 0 Å². The van der Waals surface area contributed by atoms with Crippen LogP contribution in [0.25, 0.3) is 5.52 Å². The number of likely N-dealkylation sites (tertiary alicyclic amines) is 1. The Kier molecular flexibility index (Phi) is 5.48. The summed E-state index contributed by atoms with van der Waals surface area (Å²) in [5.74, 6) is -2.40. The fourth-order valence-corrected chi connectivity index (χ4v) is 4.11. The SMILES string of the molecule is Cc1c(C(=O)N2CC(C#N)C2)cn2nccc(Oc3ccc(NC(=O)NC4CC4(F)F)c(Cl)c3)c12. The van der Waals surface area contributed by atoms with Crippen molar-refractivity contribution in [3.63, 3.8) is 0 Å². The average molecular weight is 501 g/mol. The highest BCUT2D eigenvalue weighted by molar-refractivity contribution is 6.33. The number of aromatic nitrogens is 2. The Balaban J connectivity index is 1.32. The number of urea groups is 1. The first-order chi connectivity index (χ1) is 16.7. The molecule has 1 saturated heterocycles. The number of nitriles is 1. The maximum Gasteiger partial charge on any atom is 0.319 e. The monoisotopic (exact) mass is 500 g/mol. The average Bonchev–Trinajstić information content (AvgIpc) is 3.21. The van der Waals surface area contributed by atoms with Crippen LogP contribution < -0.4 is 15.4 Å². The lowest BCUT2D eigenvalue weighted by atomic mass is 10.0. The molecule has 1 aromatic carbocycles. The minimum atomic E-state index is -2.87. The van der Waals surface area contributed by atoms with E-state index in [0.717, 1.165) is 0 Å². The normalized spacial score (nSPS) is 18.5. The van der Waals surface area contributed by atoms with E-state index in [0.29, 0.717) is 41.2 Å². The zero-order chi connectivity index (χ0) is 24.9. The summed E-state index contributed by atoms with van der Waals surface area (Å²) in [4.78, 5) is 26.4. The lowest BCUT2D eigenvalue weighted by Crippen LogP contribution is -2.49. The van der Waals surface area contributed by atoms with E-state index in [1.165, 1.54) is 18.3 Å². The number of alkyl halides is 2. The van der Waals surface area contributed by atoms with Crippen LogP contribution in [0.5, 0.6) is 11.5 Å². The summed E-state index contributed by atoms with van der Waals surface area (Å²) in [5.41, 5.74) is 1.97. The third kappa shape index (κ3) is 4.33. The molecule has 12 heteroatoms. The zero-order valence-electron chi connectivity index (χ0n) is 18.4. The van der Waals surface area contributed by atoms with Gasteiger partial charge in [0, 0.05) is 37.8 Å². The predicted octanol–water partition coefficient (Wildman–Crippen LogP) is 4.21. The minimum Gasteiger partial charge on any atom is -0.455 e. The van der Waals surface area contributed by atoms with E-state index < -0.39 is 18.0 Å². The van der Waals surface area contributed by atoms with Crippen molar-refractivity contribution in [1.82, 2.24) is 19.8 Å². The van der Waals surface area contributed by atoms with Gasteiger partial charge in [-0.3, -0.25) is 4.79 Å². The summed E-state index contributed by atoms with van der Waals surface area (Å²) < 4.78 is 33.5. The second-order valence-electron chi connectivity index (χ2n) is 8.55. The number of amides is 3. The standard InChI is InChI=1S/C23H19ClF2N6O3/c1-12-15(21(33)31-9-13(8-27)10-31)11-32-20(12)18(4-5-28-32)35-14-2-3-17(16(24)6-14)29-22(34)30-19-7-23(19,25)26/h2-6,11,13,19H,7,9-10H2,1H3,(H2,29,30,34). The Labute approximate surface area is 203 Å². The molecule has 3 heterocycles. The number of nitrogens with one attached hydrogen (secondary N) is 2. The second-order valence-corrected chi connectivity index (χ2v) is 8.96. The maximum atomic E-state index is 13.0. The van der Waals surface area contributed by atoms with E-state index in [1.807, 2.05) is 0 Å². The number of nitrogens with zero attached hydrogens (tertiary/aromatic N) is 4. The first-order valence-electron chi connectivity index (χ1n) is 10.7. The van der Waals surface area contributed by atoms with E-state index in [9.17, 15) is 18.4 Å². The predicted molar refractivity (Wildman–Crippen MR) is 122 cm³/mol. The highest BCUT2D eigenvalue weighted by Crippen LogP contribution is 2.41. The van der Waals surface area contributed by atoms with Crippen LogP contribution in [0.1, 0.15) is 22.3 Å². The van der Waals surface area contributed by atoms with Crippen LogP contribution in [0.2, 0.25) is 5.02 Å². The fraction of sp³-hybridized carbons (Fsp3) is 0.304. The van der Waals surface area contributed by atoms with Gasteiger partial charge >= 0.3 is 6.03 Å². The number of fused-ring (bicyclic) bond motifs is 1. The second kappa shape index (κ2) is 8.39. The molecule has 2 aliphatic rings. The molecule has 0 bridgehead atoms. The van der Waals surface area contributed by atoms with Crippen molar-refractivity contribution in [2.75, 3.05) is 18.4 Å². The third-order valence-electron chi connectivity index (χ3n) is 6.02. The van der Waals surface area contributed by atoms with Crippen molar-refractivity contribution in [3.8, 4) is 17.6 Å².